The van der Waals surface area contributed by atoms with Gasteiger partial charge in [-0.25, -0.2) is 0 Å². The first-order chi connectivity index (χ1) is 14.0. The molecule has 2 aromatic rings. The van der Waals surface area contributed by atoms with Gasteiger partial charge in [0.25, 0.3) is 5.91 Å². The summed E-state index contributed by atoms with van der Waals surface area (Å²) in [5.74, 6) is -0.157. The van der Waals surface area contributed by atoms with Crippen LogP contribution >= 0.6 is 0 Å². The minimum absolute atomic E-state index is 0.209. The molecular formula is C22H25NO6. The maximum Gasteiger partial charge on any atom is 0.305 e. The van der Waals surface area contributed by atoms with E-state index in [0.717, 1.165) is 16.7 Å². The van der Waals surface area contributed by atoms with Gasteiger partial charge in [0.1, 0.15) is 0 Å². The van der Waals surface area contributed by atoms with Crippen LogP contribution in [0.1, 0.15) is 35.3 Å². The summed E-state index contributed by atoms with van der Waals surface area (Å²) >= 11 is 0. The first kappa shape index (κ1) is 20.7. The molecule has 0 aliphatic carbocycles. The number of hydrogen-bond acceptors (Lipinski definition) is 5. The molecule has 0 spiro atoms. The van der Waals surface area contributed by atoms with Crippen LogP contribution in [0.3, 0.4) is 0 Å². The van der Waals surface area contributed by atoms with Crippen molar-refractivity contribution in [2.75, 3.05) is 27.9 Å². The molecule has 0 aromatic heterocycles. The Morgan fingerprint density at radius 1 is 1.10 bits per heavy atom. The Labute approximate surface area is 169 Å². The number of carboxylic acid groups (broad SMARTS) is 1. The smallest absolute Gasteiger partial charge is 0.305 e. The summed E-state index contributed by atoms with van der Waals surface area (Å²) in [5, 5.41) is 9.51. The number of aliphatic carboxylic acids is 1. The largest absolute Gasteiger partial charge is 0.493 e. The van der Waals surface area contributed by atoms with Gasteiger partial charge in [0.05, 0.1) is 26.7 Å². The normalized spacial score (nSPS) is 16.7. The van der Waals surface area contributed by atoms with Gasteiger partial charge < -0.3 is 24.2 Å². The number of carbonyl (C=O) groups is 2. The van der Waals surface area contributed by atoms with Gasteiger partial charge in [-0.05, 0) is 35.2 Å². The Balaban J connectivity index is 2.01. The summed E-state index contributed by atoms with van der Waals surface area (Å²) in [6.45, 7) is 0.395. The van der Waals surface area contributed by atoms with Crippen LogP contribution in [0.5, 0.6) is 11.5 Å². The van der Waals surface area contributed by atoms with Crippen molar-refractivity contribution < 1.29 is 28.9 Å². The number of carbonyl (C=O) groups excluding carboxylic acids is 1. The SMILES string of the molecule is COc1cc2c(cc1OC)C(CC(=O)O)N(C(=O)[C@H](OC)c1ccccc1)CC2. The fraction of sp³-hybridized carbons (Fsp3) is 0.364. The van der Waals surface area contributed by atoms with Crippen molar-refractivity contribution >= 4 is 11.9 Å². The maximum atomic E-state index is 13.4. The number of nitrogens with zero attached hydrogens (tertiary/aromatic N) is 1. The molecule has 7 heteroatoms. The molecule has 1 N–H and O–H groups in total. The molecule has 1 aliphatic heterocycles. The van der Waals surface area contributed by atoms with E-state index in [1.807, 2.05) is 36.4 Å². The van der Waals surface area contributed by atoms with Crippen LogP contribution in [0, 0.1) is 0 Å². The third kappa shape index (κ3) is 4.19. The van der Waals surface area contributed by atoms with Gasteiger partial charge in [-0.3, -0.25) is 9.59 Å². The number of rotatable bonds is 7. The number of methoxy groups -OCH3 is 3. The van der Waals surface area contributed by atoms with Gasteiger partial charge in [0.2, 0.25) is 0 Å². The van der Waals surface area contributed by atoms with E-state index in [0.29, 0.717) is 24.5 Å². The third-order valence-electron chi connectivity index (χ3n) is 5.22. The van der Waals surface area contributed by atoms with Crippen molar-refractivity contribution in [1.29, 1.82) is 0 Å². The highest BCUT2D eigenvalue weighted by Crippen LogP contribution is 2.40. The van der Waals surface area contributed by atoms with Crippen molar-refractivity contribution in [3.05, 3.63) is 59.2 Å². The Hall–Kier alpha value is -3.06. The van der Waals surface area contributed by atoms with Gasteiger partial charge in [-0.1, -0.05) is 30.3 Å². The molecule has 1 heterocycles. The van der Waals surface area contributed by atoms with Crippen LogP contribution in [0.4, 0.5) is 0 Å². The monoisotopic (exact) mass is 399 g/mol. The number of amides is 1. The van der Waals surface area contributed by atoms with Gasteiger partial charge in [-0.2, -0.15) is 0 Å². The van der Waals surface area contributed by atoms with E-state index in [9.17, 15) is 14.7 Å². The number of ether oxygens (including phenoxy) is 3. The minimum atomic E-state index is -0.982. The predicted molar refractivity (Wildman–Crippen MR) is 106 cm³/mol. The zero-order chi connectivity index (χ0) is 21.0. The Bertz CT molecular complexity index is 882. The molecule has 29 heavy (non-hydrogen) atoms. The van der Waals surface area contributed by atoms with E-state index < -0.39 is 18.1 Å². The van der Waals surface area contributed by atoms with Crippen molar-refractivity contribution in [3.63, 3.8) is 0 Å². The minimum Gasteiger partial charge on any atom is -0.493 e. The molecule has 0 bridgehead atoms. The molecule has 0 saturated carbocycles. The average molecular weight is 399 g/mol. The topological polar surface area (TPSA) is 85.3 Å². The summed E-state index contributed by atoms with van der Waals surface area (Å²) in [6, 6.07) is 12.2. The molecule has 1 amide bonds. The lowest BCUT2D eigenvalue weighted by Gasteiger charge is -2.38. The Morgan fingerprint density at radius 2 is 1.76 bits per heavy atom. The molecule has 7 nitrogen and oxygen atoms in total. The summed E-state index contributed by atoms with van der Waals surface area (Å²) in [5.41, 5.74) is 2.44. The second-order valence-corrected chi connectivity index (χ2v) is 6.83. The predicted octanol–water partition coefficient (Wildman–Crippen LogP) is 2.99. The number of hydrogen-bond donors (Lipinski definition) is 1. The van der Waals surface area contributed by atoms with Crippen LogP contribution in [-0.4, -0.2) is 49.8 Å². The van der Waals surface area contributed by atoms with Gasteiger partial charge >= 0.3 is 5.97 Å². The molecule has 0 saturated heterocycles. The van der Waals surface area contributed by atoms with E-state index in [4.69, 9.17) is 14.2 Å². The lowest BCUT2D eigenvalue weighted by atomic mass is 9.89. The molecule has 2 aromatic carbocycles. The summed E-state index contributed by atoms with van der Waals surface area (Å²) in [4.78, 5) is 26.6. The van der Waals surface area contributed by atoms with Crippen molar-refractivity contribution in [2.24, 2.45) is 0 Å². The van der Waals surface area contributed by atoms with Crippen LogP contribution in [-0.2, 0) is 20.7 Å². The molecule has 3 rings (SSSR count). The zero-order valence-electron chi connectivity index (χ0n) is 16.8. The molecule has 0 radical (unpaired) electrons. The van der Waals surface area contributed by atoms with Crippen LogP contribution < -0.4 is 9.47 Å². The molecule has 0 fully saturated rings. The first-order valence-electron chi connectivity index (χ1n) is 9.35. The highest BCUT2D eigenvalue weighted by Gasteiger charge is 2.37. The van der Waals surface area contributed by atoms with Crippen LogP contribution in [0.15, 0.2) is 42.5 Å². The van der Waals surface area contributed by atoms with Crippen LogP contribution in [0.2, 0.25) is 0 Å². The molecule has 2 atom stereocenters. The number of benzene rings is 2. The standard InChI is InChI=1S/C22H25NO6/c1-27-18-11-15-9-10-23(17(13-20(24)25)16(15)12-19(18)28-2)22(26)21(29-3)14-7-5-4-6-8-14/h4-8,11-12,17,21H,9-10,13H2,1-3H3,(H,24,25)/t17?,21-/m1/s1. The summed E-state index contributed by atoms with van der Waals surface area (Å²) in [7, 11) is 4.56. The van der Waals surface area contributed by atoms with Crippen molar-refractivity contribution in [3.8, 4) is 11.5 Å². The molecule has 154 valence electrons. The highest BCUT2D eigenvalue weighted by atomic mass is 16.5. The Morgan fingerprint density at radius 3 is 2.34 bits per heavy atom. The van der Waals surface area contributed by atoms with E-state index in [2.05, 4.69) is 0 Å². The number of carboxylic acids is 1. The fourth-order valence-electron chi connectivity index (χ4n) is 3.84. The molecule has 1 aliphatic rings. The third-order valence-corrected chi connectivity index (χ3v) is 5.22. The zero-order valence-corrected chi connectivity index (χ0v) is 16.8. The first-order valence-corrected chi connectivity index (χ1v) is 9.35. The number of fused-ring (bicyclic) bond motifs is 1. The quantitative estimate of drug-likeness (QED) is 0.770. The average Bonchev–Trinajstić information content (AvgIpc) is 2.73. The second-order valence-electron chi connectivity index (χ2n) is 6.83. The van der Waals surface area contributed by atoms with Crippen molar-refractivity contribution in [1.82, 2.24) is 4.90 Å². The maximum absolute atomic E-state index is 13.4. The molecule has 1 unspecified atom stereocenters. The van der Waals surface area contributed by atoms with Gasteiger partial charge in [-0.15, -0.1) is 0 Å². The summed E-state index contributed by atoms with van der Waals surface area (Å²) < 4.78 is 16.2. The highest BCUT2D eigenvalue weighted by molar-refractivity contribution is 5.84. The van der Waals surface area contributed by atoms with E-state index in [1.54, 1.807) is 18.1 Å². The van der Waals surface area contributed by atoms with Crippen molar-refractivity contribution in [2.45, 2.75) is 25.0 Å². The van der Waals surface area contributed by atoms with E-state index >= 15 is 0 Å². The van der Waals surface area contributed by atoms with Gasteiger partial charge in [0, 0.05) is 13.7 Å². The van der Waals surface area contributed by atoms with Gasteiger partial charge in [0.15, 0.2) is 17.6 Å². The second kappa shape index (κ2) is 8.96. The lowest BCUT2D eigenvalue weighted by molar-refractivity contribution is -0.148. The van der Waals surface area contributed by atoms with E-state index in [1.165, 1.54) is 14.2 Å². The van der Waals surface area contributed by atoms with E-state index in [-0.39, 0.29) is 12.3 Å². The molecular weight excluding hydrogens is 374 g/mol. The lowest BCUT2D eigenvalue weighted by Crippen LogP contribution is -2.43. The Kier molecular flexibility index (Phi) is 6.39. The summed E-state index contributed by atoms with van der Waals surface area (Å²) in [6.07, 6.45) is -0.420. The van der Waals surface area contributed by atoms with Crippen LogP contribution in [0.25, 0.3) is 0 Å². The fourth-order valence-corrected chi connectivity index (χ4v) is 3.84.